The molecule has 3 nitrogen and oxygen atoms in total. The molecule has 2 aliphatic rings. The van der Waals surface area contributed by atoms with E-state index in [-0.39, 0.29) is 6.10 Å². The summed E-state index contributed by atoms with van der Waals surface area (Å²) in [7, 11) is 0. The molecule has 2 unspecified atom stereocenters. The molecule has 0 aromatic rings. The first-order valence-electron chi connectivity index (χ1n) is 3.93. The van der Waals surface area contributed by atoms with Gasteiger partial charge < -0.3 is 14.2 Å². The van der Waals surface area contributed by atoms with Crippen LogP contribution in [0.1, 0.15) is 12.8 Å². The molecule has 0 amide bonds. The van der Waals surface area contributed by atoms with Crippen molar-refractivity contribution in [1.82, 2.24) is 0 Å². The Hall–Kier alpha value is -0.380. The molecule has 2 aliphatic heterocycles. The van der Waals surface area contributed by atoms with E-state index in [2.05, 4.69) is 6.58 Å². The minimum atomic E-state index is -0.709. The standard InChI is InChI=1S/C8H12O3/c1-2-7-6-10-8(11-7)4-3-5-9-8/h2,7H,1,3-6H2. The highest BCUT2D eigenvalue weighted by atomic mass is 16.9. The van der Waals surface area contributed by atoms with Gasteiger partial charge in [0.15, 0.2) is 0 Å². The highest BCUT2D eigenvalue weighted by molar-refractivity contribution is 4.86. The predicted molar refractivity (Wildman–Crippen MR) is 38.9 cm³/mol. The Kier molecular flexibility index (Phi) is 1.71. The summed E-state index contributed by atoms with van der Waals surface area (Å²) in [6.45, 7) is 4.95. The monoisotopic (exact) mass is 156 g/mol. The zero-order chi connectivity index (χ0) is 7.73. The average Bonchev–Trinajstić information content (AvgIpc) is 2.62. The normalized spacial score (nSPS) is 43.5. The van der Waals surface area contributed by atoms with Crippen LogP contribution >= 0.6 is 0 Å². The number of hydrogen-bond donors (Lipinski definition) is 0. The molecule has 0 bridgehead atoms. The van der Waals surface area contributed by atoms with Gasteiger partial charge in [-0.3, -0.25) is 0 Å². The Morgan fingerprint density at radius 2 is 2.36 bits per heavy atom. The van der Waals surface area contributed by atoms with Crippen LogP contribution in [0.4, 0.5) is 0 Å². The van der Waals surface area contributed by atoms with Crippen LogP contribution in [0.2, 0.25) is 0 Å². The lowest BCUT2D eigenvalue weighted by molar-refractivity contribution is -0.311. The van der Waals surface area contributed by atoms with Gasteiger partial charge in [0, 0.05) is 6.42 Å². The molecule has 11 heavy (non-hydrogen) atoms. The summed E-state index contributed by atoms with van der Waals surface area (Å²) in [5.41, 5.74) is 0. The minimum Gasteiger partial charge on any atom is -0.327 e. The fourth-order valence-corrected chi connectivity index (χ4v) is 1.42. The van der Waals surface area contributed by atoms with Crippen LogP contribution in [0.25, 0.3) is 0 Å². The molecule has 1 spiro atoms. The molecule has 2 fully saturated rings. The fourth-order valence-electron chi connectivity index (χ4n) is 1.42. The summed E-state index contributed by atoms with van der Waals surface area (Å²) >= 11 is 0. The lowest BCUT2D eigenvalue weighted by Gasteiger charge is -2.19. The van der Waals surface area contributed by atoms with Crippen molar-refractivity contribution in [1.29, 1.82) is 0 Å². The Labute approximate surface area is 65.9 Å². The van der Waals surface area contributed by atoms with Crippen molar-refractivity contribution in [2.45, 2.75) is 24.9 Å². The number of ether oxygens (including phenoxy) is 3. The van der Waals surface area contributed by atoms with E-state index in [1.54, 1.807) is 6.08 Å². The van der Waals surface area contributed by atoms with E-state index in [9.17, 15) is 0 Å². The second-order valence-corrected chi connectivity index (χ2v) is 2.84. The smallest absolute Gasteiger partial charge is 0.283 e. The molecule has 3 heteroatoms. The molecular weight excluding hydrogens is 144 g/mol. The highest BCUT2D eigenvalue weighted by Crippen LogP contribution is 2.34. The van der Waals surface area contributed by atoms with Crippen LogP contribution in [0, 0.1) is 0 Å². The van der Waals surface area contributed by atoms with E-state index >= 15 is 0 Å². The molecule has 0 saturated carbocycles. The van der Waals surface area contributed by atoms with E-state index in [4.69, 9.17) is 14.2 Å². The molecular formula is C8H12O3. The maximum Gasteiger partial charge on any atom is 0.283 e. The Morgan fingerprint density at radius 3 is 2.91 bits per heavy atom. The van der Waals surface area contributed by atoms with Gasteiger partial charge in [-0.25, -0.2) is 0 Å². The molecule has 0 aliphatic carbocycles. The van der Waals surface area contributed by atoms with Crippen LogP contribution in [-0.2, 0) is 14.2 Å². The van der Waals surface area contributed by atoms with Gasteiger partial charge in [-0.2, -0.15) is 0 Å². The third-order valence-electron chi connectivity index (χ3n) is 2.01. The van der Waals surface area contributed by atoms with Gasteiger partial charge in [-0.15, -0.1) is 6.58 Å². The lowest BCUT2D eigenvalue weighted by Crippen LogP contribution is -2.28. The van der Waals surface area contributed by atoms with Crippen molar-refractivity contribution in [2.75, 3.05) is 13.2 Å². The third kappa shape index (κ3) is 1.20. The van der Waals surface area contributed by atoms with Crippen molar-refractivity contribution in [3.63, 3.8) is 0 Å². The molecule has 62 valence electrons. The van der Waals surface area contributed by atoms with Gasteiger partial charge in [0.05, 0.1) is 13.2 Å². The molecule has 2 heterocycles. The van der Waals surface area contributed by atoms with E-state index in [0.29, 0.717) is 6.61 Å². The predicted octanol–water partition coefficient (Wildman–Crippen LogP) is 1.05. The molecule has 0 N–H and O–H groups in total. The number of rotatable bonds is 1. The van der Waals surface area contributed by atoms with Crippen LogP contribution in [0.15, 0.2) is 12.7 Å². The van der Waals surface area contributed by atoms with Gasteiger partial charge >= 0.3 is 0 Å². The second kappa shape index (κ2) is 2.59. The van der Waals surface area contributed by atoms with Crippen molar-refractivity contribution in [2.24, 2.45) is 0 Å². The maximum absolute atomic E-state index is 5.50. The first kappa shape index (κ1) is 7.28. The Bertz CT molecular complexity index is 161. The summed E-state index contributed by atoms with van der Waals surface area (Å²) in [6, 6.07) is 0. The molecule has 0 aromatic carbocycles. The first-order chi connectivity index (χ1) is 5.35. The summed E-state index contributed by atoms with van der Waals surface area (Å²) < 4.78 is 16.2. The molecule has 2 rings (SSSR count). The Morgan fingerprint density at radius 1 is 1.45 bits per heavy atom. The Balaban J connectivity index is 2.01. The molecule has 2 saturated heterocycles. The van der Waals surface area contributed by atoms with Gasteiger partial charge in [-0.05, 0) is 6.42 Å². The first-order valence-corrected chi connectivity index (χ1v) is 3.93. The SMILES string of the molecule is C=CC1COC2(CCCO2)O1. The highest BCUT2D eigenvalue weighted by Gasteiger charge is 2.44. The maximum atomic E-state index is 5.50. The largest absolute Gasteiger partial charge is 0.327 e. The quantitative estimate of drug-likeness (QED) is 0.531. The zero-order valence-electron chi connectivity index (χ0n) is 6.41. The lowest BCUT2D eigenvalue weighted by atomic mass is 10.3. The van der Waals surface area contributed by atoms with Gasteiger partial charge in [0.25, 0.3) is 5.97 Å². The fraction of sp³-hybridized carbons (Fsp3) is 0.750. The van der Waals surface area contributed by atoms with Gasteiger partial charge in [0.2, 0.25) is 0 Å². The summed E-state index contributed by atoms with van der Waals surface area (Å²) in [5.74, 6) is -0.709. The van der Waals surface area contributed by atoms with E-state index in [1.165, 1.54) is 0 Å². The minimum absolute atomic E-state index is 0.00750. The van der Waals surface area contributed by atoms with Crippen molar-refractivity contribution >= 4 is 0 Å². The van der Waals surface area contributed by atoms with E-state index in [0.717, 1.165) is 19.4 Å². The molecule has 0 radical (unpaired) electrons. The van der Waals surface area contributed by atoms with Crippen LogP contribution in [0.3, 0.4) is 0 Å². The molecule has 0 aromatic heterocycles. The van der Waals surface area contributed by atoms with Crippen LogP contribution in [-0.4, -0.2) is 25.3 Å². The van der Waals surface area contributed by atoms with Crippen molar-refractivity contribution in [3.05, 3.63) is 12.7 Å². The van der Waals surface area contributed by atoms with Gasteiger partial charge in [-0.1, -0.05) is 6.08 Å². The topological polar surface area (TPSA) is 27.7 Å². The molecule has 2 atom stereocenters. The van der Waals surface area contributed by atoms with Crippen molar-refractivity contribution in [3.8, 4) is 0 Å². The van der Waals surface area contributed by atoms with E-state index < -0.39 is 5.97 Å². The summed E-state index contributed by atoms with van der Waals surface area (Å²) in [4.78, 5) is 0. The average molecular weight is 156 g/mol. The van der Waals surface area contributed by atoms with Crippen LogP contribution in [0.5, 0.6) is 0 Å². The van der Waals surface area contributed by atoms with Gasteiger partial charge in [0.1, 0.15) is 6.10 Å². The van der Waals surface area contributed by atoms with E-state index in [1.807, 2.05) is 0 Å². The third-order valence-corrected chi connectivity index (χ3v) is 2.01. The summed E-state index contributed by atoms with van der Waals surface area (Å²) in [6.07, 6.45) is 3.62. The van der Waals surface area contributed by atoms with Crippen molar-refractivity contribution < 1.29 is 14.2 Å². The summed E-state index contributed by atoms with van der Waals surface area (Å²) in [5, 5.41) is 0. The van der Waals surface area contributed by atoms with Crippen LogP contribution < -0.4 is 0 Å². The zero-order valence-corrected chi connectivity index (χ0v) is 6.41. The number of hydrogen-bond acceptors (Lipinski definition) is 3. The second-order valence-electron chi connectivity index (χ2n) is 2.84.